The molecule has 2 unspecified atom stereocenters. The smallest absolute Gasteiger partial charge is 0.186 e. The zero-order valence-corrected chi connectivity index (χ0v) is 17.9. The number of hydrogen-bond acceptors (Lipinski definition) is 4. The van der Waals surface area contributed by atoms with Gasteiger partial charge in [-0.2, -0.15) is 0 Å². The van der Waals surface area contributed by atoms with Gasteiger partial charge in [-0.15, -0.1) is 0 Å². The van der Waals surface area contributed by atoms with Crippen molar-refractivity contribution in [2.75, 3.05) is 0 Å². The number of thioether (sulfide) groups is 1. The summed E-state index contributed by atoms with van der Waals surface area (Å²) in [6.45, 7) is 8.11. The number of allylic oxidation sites excluding steroid dienone is 1. The fraction of sp³-hybridized carbons (Fsp3) is 0.783. The van der Waals surface area contributed by atoms with E-state index in [-0.39, 0.29) is 32.9 Å². The van der Waals surface area contributed by atoms with Gasteiger partial charge in [0.25, 0.3) is 0 Å². The highest BCUT2D eigenvalue weighted by Crippen LogP contribution is 2.67. The van der Waals surface area contributed by atoms with Gasteiger partial charge in [0, 0.05) is 29.9 Å². The van der Waals surface area contributed by atoms with Gasteiger partial charge < -0.3 is 0 Å². The molecule has 3 saturated carbocycles. The molecule has 27 heavy (non-hydrogen) atoms. The van der Waals surface area contributed by atoms with Crippen molar-refractivity contribution in [3.63, 3.8) is 0 Å². The molecular formula is C23H32O3S. The number of carbonyl (C=O) groups excluding carboxylic acids is 3. The molecule has 148 valence electrons. The highest BCUT2D eigenvalue weighted by atomic mass is 32.2. The molecule has 0 heterocycles. The standard InChI is InChI=1S/C23H32O3S/c1-13(24)18-7-8-19-17-6-5-15-11-16(26)12-21(27-14(2)25)23(15,4)20(17)9-10-22(18,19)3/h11,17-21H,5-10,12H2,1-4H3/t17-,18?,19-,20-,21?,22+,23-/m0/s1. The number of Topliss-reactive ketones (excluding diaryl/α,β-unsaturated/α-hetero) is 1. The van der Waals surface area contributed by atoms with Crippen LogP contribution in [0.15, 0.2) is 11.6 Å². The first-order chi connectivity index (χ1) is 12.7. The van der Waals surface area contributed by atoms with E-state index in [1.165, 1.54) is 23.8 Å². The Kier molecular flexibility index (Phi) is 4.73. The monoisotopic (exact) mass is 388 g/mol. The molecule has 0 spiro atoms. The maximum absolute atomic E-state index is 12.3. The topological polar surface area (TPSA) is 51.2 Å². The number of rotatable bonds is 2. The van der Waals surface area contributed by atoms with E-state index < -0.39 is 0 Å². The van der Waals surface area contributed by atoms with E-state index in [2.05, 4.69) is 13.8 Å². The highest BCUT2D eigenvalue weighted by Gasteiger charge is 2.61. The molecule has 0 aromatic rings. The van der Waals surface area contributed by atoms with Crippen LogP contribution in [0.2, 0.25) is 0 Å². The fourth-order valence-electron chi connectivity index (χ4n) is 7.62. The summed E-state index contributed by atoms with van der Waals surface area (Å²) >= 11 is 1.39. The summed E-state index contributed by atoms with van der Waals surface area (Å²) in [5.74, 6) is 2.56. The second-order valence-electron chi connectivity index (χ2n) is 9.92. The van der Waals surface area contributed by atoms with Gasteiger partial charge in [0.05, 0.1) is 0 Å². The van der Waals surface area contributed by atoms with Crippen LogP contribution < -0.4 is 0 Å². The molecule has 0 radical (unpaired) electrons. The lowest BCUT2D eigenvalue weighted by Crippen LogP contribution is -2.54. The van der Waals surface area contributed by atoms with E-state index in [0.29, 0.717) is 30.0 Å². The quantitative estimate of drug-likeness (QED) is 0.669. The zero-order chi connectivity index (χ0) is 19.6. The molecule has 4 aliphatic carbocycles. The Hall–Kier alpha value is -0.900. The summed E-state index contributed by atoms with van der Waals surface area (Å²) < 4.78 is 0. The molecule has 4 aliphatic rings. The van der Waals surface area contributed by atoms with Crippen molar-refractivity contribution in [1.29, 1.82) is 0 Å². The third-order valence-corrected chi connectivity index (χ3v) is 10.1. The SMILES string of the molecule is CC(=O)SC1CC(=O)C=C2CC[C@H]3[C@@H]4CCC(C(C)=O)[C@@]4(C)CC[C@@H]3[C@]21C. The summed E-state index contributed by atoms with van der Waals surface area (Å²) in [7, 11) is 0. The second-order valence-corrected chi connectivity index (χ2v) is 11.3. The molecule has 4 rings (SSSR count). The molecule has 0 bridgehead atoms. The summed E-state index contributed by atoms with van der Waals surface area (Å²) in [6, 6.07) is 0. The lowest BCUT2D eigenvalue weighted by atomic mass is 9.46. The maximum atomic E-state index is 12.3. The van der Waals surface area contributed by atoms with Crippen LogP contribution in [-0.4, -0.2) is 21.9 Å². The van der Waals surface area contributed by atoms with Crippen molar-refractivity contribution in [2.24, 2.45) is 34.5 Å². The molecule has 0 N–H and O–H groups in total. The maximum Gasteiger partial charge on any atom is 0.186 e. The van der Waals surface area contributed by atoms with E-state index >= 15 is 0 Å². The van der Waals surface area contributed by atoms with Crippen LogP contribution in [0.4, 0.5) is 0 Å². The van der Waals surface area contributed by atoms with Gasteiger partial charge in [-0.05, 0) is 74.7 Å². The predicted octanol–water partition coefficient (Wildman–Crippen LogP) is 4.98. The van der Waals surface area contributed by atoms with Crippen LogP contribution >= 0.6 is 11.8 Å². The van der Waals surface area contributed by atoms with Gasteiger partial charge in [0.1, 0.15) is 5.78 Å². The van der Waals surface area contributed by atoms with Crippen molar-refractivity contribution in [3.8, 4) is 0 Å². The number of carbonyl (C=O) groups is 3. The van der Waals surface area contributed by atoms with Gasteiger partial charge in [-0.1, -0.05) is 31.2 Å². The Labute approximate surface area is 167 Å². The molecule has 0 aliphatic heterocycles. The number of fused-ring (bicyclic) bond motifs is 5. The average Bonchev–Trinajstić information content (AvgIpc) is 2.93. The van der Waals surface area contributed by atoms with E-state index in [4.69, 9.17) is 0 Å². The first kappa shape index (κ1) is 19.4. The summed E-state index contributed by atoms with van der Waals surface area (Å²) in [4.78, 5) is 36.5. The highest BCUT2D eigenvalue weighted by molar-refractivity contribution is 8.14. The molecule has 3 fully saturated rings. The Morgan fingerprint density at radius 2 is 1.81 bits per heavy atom. The molecule has 4 heteroatoms. The normalized spacial score (nSPS) is 46.1. The summed E-state index contributed by atoms with van der Waals surface area (Å²) in [6.07, 6.45) is 8.97. The van der Waals surface area contributed by atoms with Crippen LogP contribution in [-0.2, 0) is 14.4 Å². The first-order valence-electron chi connectivity index (χ1n) is 10.6. The van der Waals surface area contributed by atoms with Crippen molar-refractivity contribution in [3.05, 3.63) is 11.6 Å². The number of ketones is 2. The van der Waals surface area contributed by atoms with Crippen LogP contribution in [0.5, 0.6) is 0 Å². The number of hydrogen-bond donors (Lipinski definition) is 0. The van der Waals surface area contributed by atoms with E-state index in [1.807, 2.05) is 6.08 Å². The van der Waals surface area contributed by atoms with Gasteiger partial charge in [0.2, 0.25) is 0 Å². The molecular weight excluding hydrogens is 356 g/mol. The van der Waals surface area contributed by atoms with Crippen LogP contribution in [0, 0.1) is 34.5 Å². The minimum Gasteiger partial charge on any atom is -0.300 e. The van der Waals surface area contributed by atoms with Crippen molar-refractivity contribution < 1.29 is 14.4 Å². The van der Waals surface area contributed by atoms with Crippen molar-refractivity contribution >= 4 is 28.4 Å². The second kappa shape index (κ2) is 6.57. The Morgan fingerprint density at radius 3 is 2.48 bits per heavy atom. The summed E-state index contributed by atoms with van der Waals surface area (Å²) in [5.41, 5.74) is 1.39. The third-order valence-electron chi connectivity index (χ3n) is 8.84. The molecule has 7 atom stereocenters. The molecule has 0 amide bonds. The molecule has 0 aromatic heterocycles. The lowest BCUT2D eigenvalue weighted by molar-refractivity contribution is -0.128. The van der Waals surface area contributed by atoms with E-state index in [9.17, 15) is 14.4 Å². The third kappa shape index (κ3) is 2.81. The van der Waals surface area contributed by atoms with E-state index in [0.717, 1.165) is 32.1 Å². The van der Waals surface area contributed by atoms with Crippen LogP contribution in [0.1, 0.15) is 72.6 Å². The van der Waals surface area contributed by atoms with Gasteiger partial charge >= 0.3 is 0 Å². The van der Waals surface area contributed by atoms with Crippen molar-refractivity contribution in [1.82, 2.24) is 0 Å². The Balaban J connectivity index is 1.70. The van der Waals surface area contributed by atoms with Gasteiger partial charge in [0.15, 0.2) is 10.9 Å². The average molecular weight is 389 g/mol. The fourth-order valence-corrected chi connectivity index (χ4v) is 8.84. The minimum absolute atomic E-state index is 0.0528. The largest absolute Gasteiger partial charge is 0.300 e. The minimum atomic E-state index is -0.0528. The molecule has 0 aromatic carbocycles. The predicted molar refractivity (Wildman–Crippen MR) is 108 cm³/mol. The lowest BCUT2D eigenvalue weighted by Gasteiger charge is -2.59. The Morgan fingerprint density at radius 1 is 1.07 bits per heavy atom. The first-order valence-corrected chi connectivity index (χ1v) is 11.5. The summed E-state index contributed by atoms with van der Waals surface area (Å²) in [5, 5.41) is 0.195. The Bertz CT molecular complexity index is 725. The van der Waals surface area contributed by atoms with Gasteiger partial charge in [-0.3, -0.25) is 14.4 Å². The zero-order valence-electron chi connectivity index (χ0n) is 17.0. The van der Waals surface area contributed by atoms with Crippen LogP contribution in [0.3, 0.4) is 0 Å². The molecule has 0 saturated heterocycles. The van der Waals surface area contributed by atoms with Gasteiger partial charge in [-0.25, -0.2) is 0 Å². The molecule has 3 nitrogen and oxygen atoms in total. The van der Waals surface area contributed by atoms with E-state index in [1.54, 1.807) is 13.8 Å². The van der Waals surface area contributed by atoms with Crippen molar-refractivity contribution in [2.45, 2.75) is 77.9 Å². The van der Waals surface area contributed by atoms with Crippen LogP contribution in [0.25, 0.3) is 0 Å².